The minimum absolute atomic E-state index is 0.189. The third-order valence-electron chi connectivity index (χ3n) is 4.74. The molecule has 1 saturated heterocycles. The SMILES string of the molecule is C=C1CO[C@H](c2ccc(F)cc2)C(=C)C(=C)CO[C@@H](c2ccc(F)cc2)C1=C. The van der Waals surface area contributed by atoms with Gasteiger partial charge in [-0.15, -0.1) is 0 Å². The van der Waals surface area contributed by atoms with E-state index >= 15 is 0 Å². The van der Waals surface area contributed by atoms with Crippen molar-refractivity contribution in [1.82, 2.24) is 0 Å². The van der Waals surface area contributed by atoms with Gasteiger partial charge in [0.25, 0.3) is 0 Å². The van der Waals surface area contributed by atoms with Gasteiger partial charge in [0.15, 0.2) is 0 Å². The molecule has 0 aromatic heterocycles. The fourth-order valence-corrected chi connectivity index (χ4v) is 3.00. The largest absolute Gasteiger partial charge is 0.364 e. The van der Waals surface area contributed by atoms with Gasteiger partial charge in [0.05, 0.1) is 13.2 Å². The molecule has 1 fully saturated rings. The van der Waals surface area contributed by atoms with Crippen LogP contribution in [0.2, 0.25) is 0 Å². The van der Waals surface area contributed by atoms with E-state index in [0.717, 1.165) is 11.1 Å². The highest BCUT2D eigenvalue weighted by atomic mass is 19.1. The third-order valence-corrected chi connectivity index (χ3v) is 4.74. The highest BCUT2D eigenvalue weighted by molar-refractivity contribution is 5.40. The molecule has 0 N–H and O–H groups in total. The maximum absolute atomic E-state index is 13.3. The Morgan fingerprint density at radius 1 is 0.607 bits per heavy atom. The molecule has 2 aromatic carbocycles. The Morgan fingerprint density at radius 2 is 0.929 bits per heavy atom. The van der Waals surface area contributed by atoms with Gasteiger partial charge in [0.1, 0.15) is 23.8 Å². The standard InChI is InChI=1S/C24H22F2O2/c1-15-13-27-24(20-7-11-22(26)12-8-20)18(4)16(2)14-28-23(17(15)3)19-5-9-21(25)10-6-19/h5-12,23-24H,1-4,13-14H2/t23-,24+. The van der Waals surface area contributed by atoms with E-state index < -0.39 is 12.2 Å². The molecule has 0 amide bonds. The molecule has 0 saturated carbocycles. The van der Waals surface area contributed by atoms with Gasteiger partial charge in [-0.1, -0.05) is 50.6 Å². The lowest BCUT2D eigenvalue weighted by Crippen LogP contribution is -2.19. The first-order chi connectivity index (χ1) is 13.4. The van der Waals surface area contributed by atoms with Crippen LogP contribution in [-0.4, -0.2) is 13.2 Å². The first-order valence-electron chi connectivity index (χ1n) is 8.85. The van der Waals surface area contributed by atoms with Gasteiger partial charge < -0.3 is 9.47 Å². The molecule has 1 aliphatic rings. The van der Waals surface area contributed by atoms with Crippen LogP contribution in [0.4, 0.5) is 8.78 Å². The van der Waals surface area contributed by atoms with Crippen LogP contribution in [-0.2, 0) is 9.47 Å². The van der Waals surface area contributed by atoms with Crippen LogP contribution in [0.25, 0.3) is 0 Å². The highest BCUT2D eigenvalue weighted by Crippen LogP contribution is 2.36. The summed E-state index contributed by atoms with van der Waals surface area (Å²) in [6.07, 6.45) is -0.993. The van der Waals surface area contributed by atoms with Gasteiger partial charge in [-0.2, -0.15) is 0 Å². The molecule has 0 radical (unpaired) electrons. The average molecular weight is 380 g/mol. The number of rotatable bonds is 2. The molecule has 3 rings (SSSR count). The molecule has 2 aromatic rings. The van der Waals surface area contributed by atoms with Crippen molar-refractivity contribution in [2.45, 2.75) is 12.2 Å². The molecule has 0 unspecified atom stereocenters. The van der Waals surface area contributed by atoms with Crippen molar-refractivity contribution in [2.24, 2.45) is 0 Å². The molecule has 4 heteroatoms. The average Bonchev–Trinajstić information content (AvgIpc) is 2.69. The molecule has 0 bridgehead atoms. The zero-order valence-electron chi connectivity index (χ0n) is 15.6. The van der Waals surface area contributed by atoms with E-state index in [1.54, 1.807) is 24.3 Å². The number of hydrogen-bond donors (Lipinski definition) is 0. The maximum atomic E-state index is 13.3. The van der Waals surface area contributed by atoms with Crippen molar-refractivity contribution in [2.75, 3.05) is 13.2 Å². The van der Waals surface area contributed by atoms with E-state index in [1.807, 2.05) is 0 Å². The van der Waals surface area contributed by atoms with Crippen LogP contribution in [0.15, 0.2) is 97.1 Å². The number of benzene rings is 2. The predicted molar refractivity (Wildman–Crippen MR) is 107 cm³/mol. The lowest BCUT2D eigenvalue weighted by molar-refractivity contribution is 0.0696. The Bertz CT molecular complexity index is 833. The molecule has 144 valence electrons. The Labute approximate surface area is 164 Å². The van der Waals surface area contributed by atoms with Gasteiger partial charge in [-0.05, 0) is 57.7 Å². The summed E-state index contributed by atoms with van der Waals surface area (Å²) < 4.78 is 38.7. The van der Waals surface area contributed by atoms with Crippen molar-refractivity contribution in [3.05, 3.63) is 120 Å². The summed E-state index contributed by atoms with van der Waals surface area (Å²) in [6, 6.07) is 12.1. The van der Waals surface area contributed by atoms with Crippen LogP contribution in [0, 0.1) is 11.6 Å². The summed E-state index contributed by atoms with van der Waals surface area (Å²) in [7, 11) is 0. The summed E-state index contributed by atoms with van der Waals surface area (Å²) in [5, 5.41) is 0. The van der Waals surface area contributed by atoms with E-state index in [0.29, 0.717) is 22.3 Å². The van der Waals surface area contributed by atoms with Crippen molar-refractivity contribution >= 4 is 0 Å². The first-order valence-corrected chi connectivity index (χ1v) is 8.85. The zero-order valence-corrected chi connectivity index (χ0v) is 15.6. The quantitative estimate of drug-likeness (QED) is 0.634. The van der Waals surface area contributed by atoms with E-state index in [2.05, 4.69) is 26.3 Å². The normalized spacial score (nSPS) is 21.6. The Hall–Kier alpha value is -2.82. The molecule has 28 heavy (non-hydrogen) atoms. The van der Waals surface area contributed by atoms with Gasteiger partial charge in [0, 0.05) is 0 Å². The van der Waals surface area contributed by atoms with Crippen molar-refractivity contribution in [1.29, 1.82) is 0 Å². The van der Waals surface area contributed by atoms with E-state index in [-0.39, 0.29) is 24.8 Å². The van der Waals surface area contributed by atoms with Crippen molar-refractivity contribution < 1.29 is 18.3 Å². The topological polar surface area (TPSA) is 18.5 Å². The molecule has 2 atom stereocenters. The number of ether oxygens (including phenoxy) is 2. The summed E-state index contributed by atoms with van der Waals surface area (Å²) in [5.74, 6) is -0.646. The summed E-state index contributed by atoms with van der Waals surface area (Å²) in [5.41, 5.74) is 4.13. The Balaban J connectivity index is 1.87. The smallest absolute Gasteiger partial charge is 0.123 e. The first kappa shape index (κ1) is 19.9. The molecular formula is C24H22F2O2. The zero-order chi connectivity index (χ0) is 20.3. The second-order valence-electron chi connectivity index (χ2n) is 6.74. The van der Waals surface area contributed by atoms with E-state index in [1.165, 1.54) is 24.3 Å². The number of halogens is 2. The molecule has 2 nitrogen and oxygen atoms in total. The summed E-state index contributed by atoms with van der Waals surface area (Å²) >= 11 is 0. The van der Waals surface area contributed by atoms with Crippen LogP contribution >= 0.6 is 0 Å². The van der Waals surface area contributed by atoms with Crippen molar-refractivity contribution in [3.63, 3.8) is 0 Å². The summed E-state index contributed by atoms with van der Waals surface area (Å²) in [4.78, 5) is 0. The van der Waals surface area contributed by atoms with Crippen molar-refractivity contribution in [3.8, 4) is 0 Å². The highest BCUT2D eigenvalue weighted by Gasteiger charge is 2.25. The molecule has 0 aliphatic carbocycles. The molecule has 0 spiro atoms. The second-order valence-corrected chi connectivity index (χ2v) is 6.74. The lowest BCUT2D eigenvalue weighted by Gasteiger charge is -2.29. The van der Waals surface area contributed by atoms with E-state index in [4.69, 9.17) is 9.47 Å². The molecular weight excluding hydrogens is 358 g/mol. The molecule has 1 heterocycles. The summed E-state index contributed by atoms with van der Waals surface area (Å²) in [6.45, 7) is 16.7. The van der Waals surface area contributed by atoms with E-state index in [9.17, 15) is 8.78 Å². The minimum atomic E-state index is -0.497. The Kier molecular flexibility index (Phi) is 6.02. The maximum Gasteiger partial charge on any atom is 0.123 e. The third kappa shape index (κ3) is 4.35. The van der Waals surface area contributed by atoms with Crippen LogP contribution in [0.1, 0.15) is 23.3 Å². The second kappa shape index (κ2) is 8.46. The number of hydrogen-bond acceptors (Lipinski definition) is 2. The van der Waals surface area contributed by atoms with Gasteiger partial charge >= 0.3 is 0 Å². The van der Waals surface area contributed by atoms with Gasteiger partial charge in [0.2, 0.25) is 0 Å². The lowest BCUT2D eigenvalue weighted by atomic mass is 9.94. The predicted octanol–water partition coefficient (Wildman–Crippen LogP) is 6.02. The van der Waals surface area contributed by atoms with Gasteiger partial charge in [-0.3, -0.25) is 0 Å². The van der Waals surface area contributed by atoms with Crippen LogP contribution in [0.5, 0.6) is 0 Å². The molecule has 1 aliphatic heterocycles. The monoisotopic (exact) mass is 380 g/mol. The fourth-order valence-electron chi connectivity index (χ4n) is 3.00. The van der Waals surface area contributed by atoms with Crippen LogP contribution < -0.4 is 0 Å². The Morgan fingerprint density at radius 3 is 1.25 bits per heavy atom. The van der Waals surface area contributed by atoms with Gasteiger partial charge in [-0.25, -0.2) is 8.78 Å². The fraction of sp³-hybridized carbons (Fsp3) is 0.167. The van der Waals surface area contributed by atoms with Crippen LogP contribution in [0.3, 0.4) is 0 Å². The minimum Gasteiger partial charge on any atom is -0.364 e.